The van der Waals surface area contributed by atoms with Crippen LogP contribution in [0.2, 0.25) is 10.0 Å². The molecule has 25 heavy (non-hydrogen) atoms. The third-order valence-corrected chi connectivity index (χ3v) is 4.93. The summed E-state index contributed by atoms with van der Waals surface area (Å²) in [5.41, 5.74) is 0.495. The highest BCUT2D eigenvalue weighted by atomic mass is 35.5. The van der Waals surface area contributed by atoms with Crippen LogP contribution >= 0.6 is 23.2 Å². The summed E-state index contributed by atoms with van der Waals surface area (Å²) >= 11 is 12.0. The van der Waals surface area contributed by atoms with Gasteiger partial charge >= 0.3 is 0 Å². The van der Waals surface area contributed by atoms with E-state index in [9.17, 15) is 4.79 Å². The van der Waals surface area contributed by atoms with E-state index in [1.54, 1.807) is 30.3 Å². The number of pyridine rings is 1. The van der Waals surface area contributed by atoms with Gasteiger partial charge in [0.05, 0.1) is 10.6 Å². The molecule has 1 unspecified atom stereocenters. The SMILES string of the molecule is O=C(NCCC1CCNC1)c1ccc(Oc2cccc(Cl)c2Cl)nc1. The number of hydrogen-bond donors (Lipinski definition) is 2. The average molecular weight is 380 g/mol. The van der Waals surface area contributed by atoms with Gasteiger partial charge in [-0.25, -0.2) is 4.98 Å². The Morgan fingerprint density at radius 2 is 2.20 bits per heavy atom. The first-order valence-electron chi connectivity index (χ1n) is 8.20. The van der Waals surface area contributed by atoms with Gasteiger partial charge in [0.15, 0.2) is 0 Å². The number of nitrogens with zero attached hydrogens (tertiary/aromatic N) is 1. The van der Waals surface area contributed by atoms with E-state index in [1.165, 1.54) is 12.6 Å². The molecule has 5 nitrogen and oxygen atoms in total. The fourth-order valence-electron chi connectivity index (χ4n) is 2.70. The van der Waals surface area contributed by atoms with Crippen LogP contribution in [0.15, 0.2) is 36.5 Å². The van der Waals surface area contributed by atoms with Crippen LogP contribution < -0.4 is 15.4 Å². The first kappa shape index (κ1) is 18.0. The fourth-order valence-corrected chi connectivity index (χ4v) is 3.03. The van der Waals surface area contributed by atoms with E-state index in [1.807, 2.05) is 0 Å². The number of ether oxygens (including phenoxy) is 1. The number of carbonyl (C=O) groups is 1. The van der Waals surface area contributed by atoms with E-state index in [-0.39, 0.29) is 5.91 Å². The largest absolute Gasteiger partial charge is 0.437 e. The molecule has 0 spiro atoms. The zero-order valence-electron chi connectivity index (χ0n) is 13.6. The molecule has 0 radical (unpaired) electrons. The number of amides is 1. The molecule has 7 heteroatoms. The minimum absolute atomic E-state index is 0.134. The van der Waals surface area contributed by atoms with Gasteiger partial charge in [-0.3, -0.25) is 4.79 Å². The molecule has 1 fully saturated rings. The summed E-state index contributed by atoms with van der Waals surface area (Å²) in [5.74, 6) is 1.28. The maximum atomic E-state index is 12.1. The van der Waals surface area contributed by atoms with E-state index >= 15 is 0 Å². The van der Waals surface area contributed by atoms with Crippen molar-refractivity contribution in [1.82, 2.24) is 15.6 Å². The lowest BCUT2D eigenvalue weighted by atomic mass is 10.1. The van der Waals surface area contributed by atoms with Crippen LogP contribution in [0.3, 0.4) is 0 Å². The lowest BCUT2D eigenvalue weighted by Gasteiger charge is -2.10. The standard InChI is InChI=1S/C18H19Cl2N3O2/c19-14-2-1-3-15(17(14)20)25-16-5-4-13(11-23-16)18(24)22-9-7-12-6-8-21-10-12/h1-5,11-12,21H,6-10H2,(H,22,24). The van der Waals surface area contributed by atoms with Gasteiger partial charge in [0.25, 0.3) is 5.91 Å². The molecule has 1 amide bonds. The van der Waals surface area contributed by atoms with E-state index in [0.29, 0.717) is 39.7 Å². The Morgan fingerprint density at radius 1 is 1.32 bits per heavy atom. The molecule has 1 saturated heterocycles. The second-order valence-corrected chi connectivity index (χ2v) is 6.73. The summed E-state index contributed by atoms with van der Waals surface area (Å²) in [7, 11) is 0. The third kappa shape index (κ3) is 4.84. The van der Waals surface area contributed by atoms with E-state index < -0.39 is 0 Å². The van der Waals surface area contributed by atoms with Crippen molar-refractivity contribution in [3.63, 3.8) is 0 Å². The van der Waals surface area contributed by atoms with E-state index in [0.717, 1.165) is 19.5 Å². The monoisotopic (exact) mass is 379 g/mol. The normalized spacial score (nSPS) is 16.6. The first-order valence-corrected chi connectivity index (χ1v) is 8.96. The molecule has 1 atom stereocenters. The van der Waals surface area contributed by atoms with Gasteiger partial charge in [-0.1, -0.05) is 29.3 Å². The fraction of sp³-hybridized carbons (Fsp3) is 0.333. The van der Waals surface area contributed by atoms with Crippen molar-refractivity contribution in [2.75, 3.05) is 19.6 Å². The van der Waals surface area contributed by atoms with Crippen molar-refractivity contribution in [2.24, 2.45) is 5.92 Å². The van der Waals surface area contributed by atoms with Gasteiger partial charge in [-0.15, -0.1) is 0 Å². The molecule has 132 valence electrons. The zero-order chi connectivity index (χ0) is 17.6. The summed E-state index contributed by atoms with van der Waals surface area (Å²) in [6, 6.07) is 8.43. The molecule has 0 bridgehead atoms. The first-order chi connectivity index (χ1) is 12.1. The number of aromatic nitrogens is 1. The quantitative estimate of drug-likeness (QED) is 0.798. The second kappa shape index (κ2) is 8.52. The van der Waals surface area contributed by atoms with E-state index in [4.69, 9.17) is 27.9 Å². The lowest BCUT2D eigenvalue weighted by molar-refractivity contribution is 0.0951. The molecular weight excluding hydrogens is 361 g/mol. The second-order valence-electron chi connectivity index (χ2n) is 5.94. The summed E-state index contributed by atoms with van der Waals surface area (Å²) in [6.07, 6.45) is 3.65. The maximum Gasteiger partial charge on any atom is 0.252 e. The number of halogens is 2. The van der Waals surface area contributed by atoms with Crippen LogP contribution in [0.25, 0.3) is 0 Å². The average Bonchev–Trinajstić information content (AvgIpc) is 3.13. The lowest BCUT2D eigenvalue weighted by Crippen LogP contribution is -2.26. The summed E-state index contributed by atoms with van der Waals surface area (Å²) in [6.45, 7) is 2.78. The molecule has 0 aliphatic carbocycles. The van der Waals surface area contributed by atoms with Gasteiger partial charge in [0, 0.05) is 18.8 Å². The number of carbonyl (C=O) groups excluding carboxylic acids is 1. The van der Waals surface area contributed by atoms with Crippen molar-refractivity contribution in [2.45, 2.75) is 12.8 Å². The number of rotatable bonds is 6. The molecule has 1 aliphatic heterocycles. The maximum absolute atomic E-state index is 12.1. The van der Waals surface area contributed by atoms with Crippen molar-refractivity contribution < 1.29 is 9.53 Å². The molecular formula is C18H19Cl2N3O2. The summed E-state index contributed by atoms with van der Waals surface area (Å²) in [5, 5.41) is 6.98. The highest BCUT2D eigenvalue weighted by Gasteiger charge is 2.15. The third-order valence-electron chi connectivity index (χ3n) is 4.13. The Hall–Kier alpha value is -1.82. The molecule has 2 aromatic rings. The number of hydrogen-bond acceptors (Lipinski definition) is 4. The van der Waals surface area contributed by atoms with Crippen LogP contribution in [0.5, 0.6) is 11.6 Å². The Labute approximate surface area is 156 Å². The summed E-state index contributed by atoms with van der Waals surface area (Å²) < 4.78 is 5.61. The van der Waals surface area contributed by atoms with Crippen LogP contribution in [0.4, 0.5) is 0 Å². The minimum Gasteiger partial charge on any atom is -0.437 e. The Kier molecular flexibility index (Phi) is 6.13. The highest BCUT2D eigenvalue weighted by molar-refractivity contribution is 6.42. The Bertz CT molecular complexity index is 732. The van der Waals surface area contributed by atoms with Gasteiger partial charge in [-0.05, 0) is 50.0 Å². The number of nitrogens with one attached hydrogen (secondary N) is 2. The van der Waals surface area contributed by atoms with Gasteiger partial charge in [0.1, 0.15) is 10.8 Å². The van der Waals surface area contributed by atoms with Gasteiger partial charge < -0.3 is 15.4 Å². The van der Waals surface area contributed by atoms with Crippen molar-refractivity contribution in [3.8, 4) is 11.6 Å². The van der Waals surface area contributed by atoms with Crippen molar-refractivity contribution in [3.05, 3.63) is 52.1 Å². The smallest absolute Gasteiger partial charge is 0.252 e. The predicted octanol–water partition coefficient (Wildman–Crippen LogP) is 3.91. The molecule has 1 aliphatic rings. The molecule has 3 rings (SSSR count). The minimum atomic E-state index is -0.134. The van der Waals surface area contributed by atoms with Crippen LogP contribution in [0.1, 0.15) is 23.2 Å². The van der Waals surface area contributed by atoms with Gasteiger partial charge in [-0.2, -0.15) is 0 Å². The topological polar surface area (TPSA) is 63.2 Å². The van der Waals surface area contributed by atoms with E-state index in [2.05, 4.69) is 15.6 Å². The highest BCUT2D eigenvalue weighted by Crippen LogP contribution is 2.33. The molecule has 2 heterocycles. The van der Waals surface area contributed by atoms with Gasteiger partial charge in [0.2, 0.25) is 5.88 Å². The Balaban J connectivity index is 1.54. The molecule has 2 N–H and O–H groups in total. The summed E-state index contributed by atoms with van der Waals surface area (Å²) in [4.78, 5) is 16.3. The van der Waals surface area contributed by atoms with Crippen LogP contribution in [-0.2, 0) is 0 Å². The van der Waals surface area contributed by atoms with Crippen LogP contribution in [-0.4, -0.2) is 30.5 Å². The van der Waals surface area contributed by atoms with Crippen molar-refractivity contribution in [1.29, 1.82) is 0 Å². The van der Waals surface area contributed by atoms with Crippen LogP contribution in [0, 0.1) is 5.92 Å². The van der Waals surface area contributed by atoms with Crippen molar-refractivity contribution >= 4 is 29.1 Å². The molecule has 1 aromatic carbocycles. The zero-order valence-corrected chi connectivity index (χ0v) is 15.1. The predicted molar refractivity (Wildman–Crippen MR) is 98.7 cm³/mol. The molecule has 0 saturated carbocycles. The molecule has 1 aromatic heterocycles. The number of benzene rings is 1. The Morgan fingerprint density at radius 3 is 2.92 bits per heavy atom.